The summed E-state index contributed by atoms with van der Waals surface area (Å²) in [6, 6.07) is 10.9. The van der Waals surface area contributed by atoms with Crippen LogP contribution in [0.4, 0.5) is 0 Å². The molecule has 1 fully saturated rings. The minimum absolute atomic E-state index is 0.147. The van der Waals surface area contributed by atoms with Crippen molar-refractivity contribution in [2.45, 2.75) is 38.4 Å². The van der Waals surface area contributed by atoms with E-state index in [1.165, 1.54) is 7.11 Å². The van der Waals surface area contributed by atoms with Crippen LogP contribution in [0.1, 0.15) is 40.9 Å². The molecule has 1 N–H and O–H groups in total. The Bertz CT molecular complexity index is 742. The molecule has 1 saturated heterocycles. The number of carbonyl (C=O) groups excluding carboxylic acids is 2. The largest absolute Gasteiger partial charge is 0.468 e. The molecule has 6 heteroatoms. The molecule has 26 heavy (non-hydrogen) atoms. The number of amides is 1. The lowest BCUT2D eigenvalue weighted by Crippen LogP contribution is -2.44. The minimum atomic E-state index is -0.204. The van der Waals surface area contributed by atoms with Crippen LogP contribution >= 0.6 is 0 Å². The lowest BCUT2D eigenvalue weighted by molar-refractivity contribution is -0.148. The van der Waals surface area contributed by atoms with E-state index in [1.54, 1.807) is 18.4 Å². The van der Waals surface area contributed by atoms with Crippen molar-refractivity contribution in [3.05, 3.63) is 59.5 Å². The Hall–Kier alpha value is -2.60. The highest BCUT2D eigenvalue weighted by Crippen LogP contribution is 2.21. The Morgan fingerprint density at radius 1 is 1.27 bits per heavy atom. The van der Waals surface area contributed by atoms with Crippen molar-refractivity contribution in [1.29, 1.82) is 0 Å². The first-order valence-corrected chi connectivity index (χ1v) is 8.89. The summed E-state index contributed by atoms with van der Waals surface area (Å²) in [6.45, 7) is 1.83. The molecule has 1 aromatic heterocycles. The van der Waals surface area contributed by atoms with Crippen LogP contribution < -0.4 is 5.32 Å². The molecule has 3 rings (SSSR count). The molecule has 0 unspecified atom stereocenters. The zero-order valence-corrected chi connectivity index (χ0v) is 14.9. The predicted octanol–water partition coefficient (Wildman–Crippen LogP) is 2.74. The number of benzene rings is 1. The molecule has 0 aliphatic carbocycles. The summed E-state index contributed by atoms with van der Waals surface area (Å²) in [5.41, 5.74) is 1.60. The van der Waals surface area contributed by atoms with Crippen LogP contribution in [0, 0.1) is 0 Å². The smallest absolute Gasteiger partial charge is 0.323 e. The number of piperidine rings is 1. The second-order valence-electron chi connectivity index (χ2n) is 6.47. The molecule has 0 saturated carbocycles. The van der Waals surface area contributed by atoms with Crippen LogP contribution in [0.2, 0.25) is 0 Å². The summed E-state index contributed by atoms with van der Waals surface area (Å²) < 4.78 is 10.2. The third-order valence-corrected chi connectivity index (χ3v) is 4.67. The summed E-state index contributed by atoms with van der Waals surface area (Å²) >= 11 is 0. The van der Waals surface area contributed by atoms with E-state index in [0.29, 0.717) is 24.4 Å². The number of hydrogen-bond donors (Lipinski definition) is 1. The SMILES string of the molecule is COC(=O)[C@H]1CCCCN1Cc1cccc(C(=O)NCc2ccco2)c1. The number of rotatable bonds is 6. The van der Waals surface area contributed by atoms with Crippen molar-refractivity contribution in [1.82, 2.24) is 10.2 Å². The van der Waals surface area contributed by atoms with Crippen molar-refractivity contribution in [2.75, 3.05) is 13.7 Å². The average Bonchev–Trinajstić information content (AvgIpc) is 3.20. The second-order valence-corrected chi connectivity index (χ2v) is 6.47. The first kappa shape index (κ1) is 18.2. The van der Waals surface area contributed by atoms with Gasteiger partial charge in [-0.05, 0) is 49.2 Å². The van der Waals surface area contributed by atoms with Crippen molar-refractivity contribution < 1.29 is 18.7 Å². The summed E-state index contributed by atoms with van der Waals surface area (Å²) in [5.74, 6) is 0.382. The number of nitrogens with zero attached hydrogens (tertiary/aromatic N) is 1. The van der Waals surface area contributed by atoms with Gasteiger partial charge in [0.1, 0.15) is 11.8 Å². The molecule has 2 aromatic rings. The Balaban J connectivity index is 1.64. The molecule has 6 nitrogen and oxygen atoms in total. The van der Waals surface area contributed by atoms with E-state index in [9.17, 15) is 9.59 Å². The first-order chi connectivity index (χ1) is 12.7. The van der Waals surface area contributed by atoms with Crippen LogP contribution in [0.15, 0.2) is 47.1 Å². The quantitative estimate of drug-likeness (QED) is 0.806. The zero-order chi connectivity index (χ0) is 18.4. The van der Waals surface area contributed by atoms with Gasteiger partial charge in [0.2, 0.25) is 0 Å². The van der Waals surface area contributed by atoms with Crippen LogP contribution in [0.5, 0.6) is 0 Å². The number of hydrogen-bond acceptors (Lipinski definition) is 5. The van der Waals surface area contributed by atoms with Gasteiger partial charge in [0.15, 0.2) is 0 Å². The molecule has 1 aliphatic heterocycles. The third kappa shape index (κ3) is 4.52. The van der Waals surface area contributed by atoms with E-state index in [1.807, 2.05) is 24.3 Å². The number of carbonyl (C=O) groups is 2. The van der Waals surface area contributed by atoms with Crippen LogP contribution in [-0.2, 0) is 22.6 Å². The fraction of sp³-hybridized carbons (Fsp3) is 0.400. The van der Waals surface area contributed by atoms with Gasteiger partial charge in [-0.3, -0.25) is 14.5 Å². The molecular weight excluding hydrogens is 332 g/mol. The highest BCUT2D eigenvalue weighted by molar-refractivity contribution is 5.94. The van der Waals surface area contributed by atoms with E-state index < -0.39 is 0 Å². The topological polar surface area (TPSA) is 71.8 Å². The first-order valence-electron chi connectivity index (χ1n) is 8.89. The predicted molar refractivity (Wildman–Crippen MR) is 96.4 cm³/mol. The summed E-state index contributed by atoms with van der Waals surface area (Å²) in [7, 11) is 1.43. The Morgan fingerprint density at radius 2 is 2.15 bits per heavy atom. The highest BCUT2D eigenvalue weighted by Gasteiger charge is 2.29. The highest BCUT2D eigenvalue weighted by atomic mass is 16.5. The second kappa shape index (κ2) is 8.67. The van der Waals surface area contributed by atoms with Gasteiger partial charge < -0.3 is 14.5 Å². The molecule has 0 bridgehead atoms. The van der Waals surface area contributed by atoms with Gasteiger partial charge in [0.05, 0.1) is 19.9 Å². The van der Waals surface area contributed by atoms with E-state index >= 15 is 0 Å². The van der Waals surface area contributed by atoms with Gasteiger partial charge in [-0.1, -0.05) is 18.6 Å². The molecule has 1 atom stereocenters. The van der Waals surface area contributed by atoms with Crippen LogP contribution in [0.3, 0.4) is 0 Å². The summed E-state index contributed by atoms with van der Waals surface area (Å²) in [6.07, 6.45) is 4.50. The van der Waals surface area contributed by atoms with Crippen molar-refractivity contribution in [3.8, 4) is 0 Å². The van der Waals surface area contributed by atoms with Crippen molar-refractivity contribution in [2.24, 2.45) is 0 Å². The minimum Gasteiger partial charge on any atom is -0.468 e. The lowest BCUT2D eigenvalue weighted by Gasteiger charge is -2.33. The Kier molecular flexibility index (Phi) is 6.07. The van der Waals surface area contributed by atoms with Crippen LogP contribution in [-0.4, -0.2) is 36.5 Å². The fourth-order valence-corrected chi connectivity index (χ4v) is 3.31. The molecule has 2 heterocycles. The van der Waals surface area contributed by atoms with Gasteiger partial charge in [0.25, 0.3) is 5.91 Å². The number of likely N-dealkylation sites (tertiary alicyclic amines) is 1. The summed E-state index contributed by atoms with van der Waals surface area (Å²) in [5, 5.41) is 2.85. The van der Waals surface area contributed by atoms with Gasteiger partial charge in [-0.25, -0.2) is 0 Å². The molecule has 1 amide bonds. The average molecular weight is 356 g/mol. The van der Waals surface area contributed by atoms with Gasteiger partial charge in [-0.15, -0.1) is 0 Å². The number of methoxy groups -OCH3 is 1. The standard InChI is InChI=1S/C20H24N2O4/c1-25-20(24)18-9-2-3-10-22(18)14-15-6-4-7-16(12-15)19(23)21-13-17-8-5-11-26-17/h4-8,11-12,18H,2-3,9-10,13-14H2,1H3,(H,21,23)/t18-/m1/s1. The molecule has 1 aliphatic rings. The number of esters is 1. The van der Waals surface area contributed by atoms with Crippen molar-refractivity contribution >= 4 is 11.9 Å². The maximum Gasteiger partial charge on any atom is 0.323 e. The maximum absolute atomic E-state index is 12.4. The van der Waals surface area contributed by atoms with Crippen molar-refractivity contribution in [3.63, 3.8) is 0 Å². The Labute approximate surface area is 153 Å². The van der Waals surface area contributed by atoms with Gasteiger partial charge in [0, 0.05) is 12.1 Å². The van der Waals surface area contributed by atoms with E-state index in [4.69, 9.17) is 9.15 Å². The van der Waals surface area contributed by atoms with Gasteiger partial charge >= 0.3 is 5.97 Å². The fourth-order valence-electron chi connectivity index (χ4n) is 3.31. The number of ether oxygens (including phenoxy) is 1. The molecule has 0 spiro atoms. The van der Waals surface area contributed by atoms with Crippen LogP contribution in [0.25, 0.3) is 0 Å². The third-order valence-electron chi connectivity index (χ3n) is 4.67. The van der Waals surface area contributed by atoms with E-state index in [-0.39, 0.29) is 17.9 Å². The lowest BCUT2D eigenvalue weighted by atomic mass is 10.0. The summed E-state index contributed by atoms with van der Waals surface area (Å²) in [4.78, 5) is 26.5. The monoisotopic (exact) mass is 356 g/mol. The molecule has 0 radical (unpaired) electrons. The van der Waals surface area contributed by atoms with E-state index in [0.717, 1.165) is 31.4 Å². The molecule has 138 valence electrons. The van der Waals surface area contributed by atoms with E-state index in [2.05, 4.69) is 10.2 Å². The number of furan rings is 1. The van der Waals surface area contributed by atoms with Gasteiger partial charge in [-0.2, -0.15) is 0 Å². The zero-order valence-electron chi connectivity index (χ0n) is 14.9. The molecule has 1 aromatic carbocycles. The Morgan fingerprint density at radius 3 is 2.92 bits per heavy atom. The number of nitrogens with one attached hydrogen (secondary N) is 1. The molecular formula is C20H24N2O4. The maximum atomic E-state index is 12.4. The normalized spacial score (nSPS) is 17.7.